The first-order valence-electron chi connectivity index (χ1n) is 2.99. The summed E-state index contributed by atoms with van der Waals surface area (Å²) < 4.78 is 36.1. The van der Waals surface area contributed by atoms with Crippen molar-refractivity contribution in [1.82, 2.24) is 0 Å². The minimum atomic E-state index is -2.90. The lowest BCUT2D eigenvalue weighted by Gasteiger charge is -2.12. The van der Waals surface area contributed by atoms with Crippen molar-refractivity contribution in [2.24, 2.45) is 0 Å². The molecule has 0 aliphatic carbocycles. The van der Waals surface area contributed by atoms with Crippen molar-refractivity contribution in [2.75, 3.05) is 5.29 Å². The van der Waals surface area contributed by atoms with Gasteiger partial charge in [-0.15, -0.1) is 0 Å². The largest absolute Gasteiger partial charge is 0.748 e. The molecule has 0 saturated carbocycles. The zero-order valence-corrected chi connectivity index (χ0v) is 6.66. The number of anilines is 1. The lowest BCUT2D eigenvalue weighted by Crippen LogP contribution is -2.13. The summed E-state index contributed by atoms with van der Waals surface area (Å²) in [4.78, 5) is 0. The third-order valence-corrected chi connectivity index (χ3v) is 1.34. The van der Waals surface area contributed by atoms with Crippen LogP contribution in [-0.4, -0.2) is 8.76 Å². The summed E-state index contributed by atoms with van der Waals surface area (Å²) in [5.74, 6) is 0. The van der Waals surface area contributed by atoms with Crippen LogP contribution in [-0.2, 0) is 15.6 Å². The maximum absolute atomic E-state index is 12.6. The van der Waals surface area contributed by atoms with E-state index in [0.717, 1.165) is 0 Å². The van der Waals surface area contributed by atoms with Crippen molar-refractivity contribution >= 4 is 17.0 Å². The molecular weight excluding hydrogens is 185 g/mol. The first-order valence-corrected chi connectivity index (χ1v) is 3.99. The monoisotopic (exact) mass is 190 g/mol. The van der Waals surface area contributed by atoms with Gasteiger partial charge in [0.15, 0.2) is 0 Å². The first-order chi connectivity index (χ1) is 5.70. The highest BCUT2D eigenvalue weighted by molar-refractivity contribution is 7.74. The Labute approximate surface area is 70.9 Å². The van der Waals surface area contributed by atoms with Gasteiger partial charge in [-0.1, -0.05) is 28.0 Å². The molecule has 0 N–H and O–H groups in total. The summed E-state index contributed by atoms with van der Waals surface area (Å²) in [6.07, 6.45) is 0. The molecule has 4 nitrogen and oxygen atoms in total. The van der Waals surface area contributed by atoms with Crippen LogP contribution in [0.2, 0.25) is 0 Å². The Morgan fingerprint density at radius 3 is 2.50 bits per heavy atom. The van der Waals surface area contributed by atoms with Gasteiger partial charge in [0.05, 0.1) is 0 Å². The number of hydrogen-bond donors (Lipinski definition) is 0. The average molecular weight is 190 g/mol. The minimum Gasteiger partial charge on any atom is -0.748 e. The van der Waals surface area contributed by atoms with Gasteiger partial charge in [0.25, 0.3) is 0 Å². The second kappa shape index (κ2) is 4.15. The van der Waals surface area contributed by atoms with E-state index in [-0.39, 0.29) is 11.0 Å². The first kappa shape index (κ1) is 9.11. The van der Waals surface area contributed by atoms with Crippen molar-refractivity contribution in [3.63, 3.8) is 0 Å². The van der Waals surface area contributed by atoms with Gasteiger partial charge in [-0.25, -0.2) is 4.21 Å². The van der Waals surface area contributed by atoms with E-state index >= 15 is 0 Å². The van der Waals surface area contributed by atoms with Gasteiger partial charge < -0.3 is 4.55 Å². The lowest BCUT2D eigenvalue weighted by atomic mass is 10.3. The van der Waals surface area contributed by atoms with Crippen LogP contribution in [0, 0.1) is 0 Å². The molecule has 6 heteroatoms. The SMILES string of the molecule is O=S([O-])ON(F)c1ccccc1. The summed E-state index contributed by atoms with van der Waals surface area (Å²) >= 11 is -2.90. The molecule has 0 aromatic heterocycles. The van der Waals surface area contributed by atoms with Crippen molar-refractivity contribution in [3.8, 4) is 0 Å². The third-order valence-electron chi connectivity index (χ3n) is 1.09. The molecule has 0 heterocycles. The smallest absolute Gasteiger partial charge is 0.116 e. The van der Waals surface area contributed by atoms with E-state index in [9.17, 15) is 13.2 Å². The van der Waals surface area contributed by atoms with Gasteiger partial charge in [-0.2, -0.15) is 4.28 Å². The Hall–Kier alpha value is -0.980. The zero-order chi connectivity index (χ0) is 8.97. The average Bonchev–Trinajstić information content (AvgIpc) is 2.05. The molecule has 66 valence electrons. The topological polar surface area (TPSA) is 52.6 Å². The third kappa shape index (κ3) is 2.57. The maximum Gasteiger partial charge on any atom is 0.116 e. The Balaban J connectivity index is 2.65. The number of hydrogen-bond acceptors (Lipinski definition) is 4. The summed E-state index contributed by atoms with van der Waals surface area (Å²) in [6.45, 7) is 0. The fourth-order valence-electron chi connectivity index (χ4n) is 0.642. The molecule has 0 bridgehead atoms. The number of halogens is 1. The molecular formula is C6H5FNO3S-. The molecule has 0 fully saturated rings. The van der Waals surface area contributed by atoms with Gasteiger partial charge in [0.2, 0.25) is 0 Å². The van der Waals surface area contributed by atoms with E-state index in [0.29, 0.717) is 0 Å². The van der Waals surface area contributed by atoms with Crippen molar-refractivity contribution in [3.05, 3.63) is 30.3 Å². The molecule has 1 aromatic carbocycles. The molecule has 0 aliphatic rings. The van der Waals surface area contributed by atoms with Gasteiger partial charge in [0, 0.05) is 0 Å². The highest BCUT2D eigenvalue weighted by atomic mass is 32.2. The predicted octanol–water partition coefficient (Wildman–Crippen LogP) is 1.10. The van der Waals surface area contributed by atoms with Crippen molar-refractivity contribution < 1.29 is 17.5 Å². The molecule has 0 radical (unpaired) electrons. The van der Waals surface area contributed by atoms with E-state index in [2.05, 4.69) is 4.28 Å². The van der Waals surface area contributed by atoms with Crippen molar-refractivity contribution in [2.45, 2.75) is 0 Å². The Bertz CT molecular complexity index is 269. The standard InChI is InChI=1S/C6H6FNO3S/c7-8(11-12(9)10)6-4-2-1-3-5-6/h1-5H,(H,9,10)/p-1. The minimum absolute atomic E-state index is 0.0155. The molecule has 0 spiro atoms. The molecule has 1 aromatic rings. The summed E-state index contributed by atoms with van der Waals surface area (Å²) in [5.41, 5.74) is 0.0155. The van der Waals surface area contributed by atoms with Gasteiger partial charge in [0.1, 0.15) is 17.0 Å². The lowest BCUT2D eigenvalue weighted by molar-refractivity contribution is 0.143. The predicted molar refractivity (Wildman–Crippen MR) is 40.0 cm³/mol. The van der Waals surface area contributed by atoms with Crippen LogP contribution < -0.4 is 5.29 Å². The number of rotatable bonds is 3. The quantitative estimate of drug-likeness (QED) is 0.407. The van der Waals surface area contributed by atoms with E-state index in [4.69, 9.17) is 0 Å². The van der Waals surface area contributed by atoms with Crippen LogP contribution in [0.3, 0.4) is 0 Å². The second-order valence-electron chi connectivity index (χ2n) is 1.86. The maximum atomic E-state index is 12.6. The Morgan fingerprint density at radius 2 is 2.00 bits per heavy atom. The van der Waals surface area contributed by atoms with E-state index < -0.39 is 11.4 Å². The highest BCUT2D eigenvalue weighted by Gasteiger charge is 2.03. The fourth-order valence-corrected chi connectivity index (χ4v) is 0.835. The highest BCUT2D eigenvalue weighted by Crippen LogP contribution is 2.13. The van der Waals surface area contributed by atoms with E-state index in [1.807, 2.05) is 0 Å². The number of benzene rings is 1. The van der Waals surface area contributed by atoms with Crippen LogP contribution in [0.15, 0.2) is 30.3 Å². The molecule has 1 atom stereocenters. The fraction of sp³-hybridized carbons (Fsp3) is 0. The van der Waals surface area contributed by atoms with Crippen molar-refractivity contribution in [1.29, 1.82) is 0 Å². The van der Waals surface area contributed by atoms with Crippen LogP contribution in [0.4, 0.5) is 10.2 Å². The summed E-state index contributed by atoms with van der Waals surface area (Å²) in [7, 11) is 0. The summed E-state index contributed by atoms with van der Waals surface area (Å²) in [6, 6.07) is 7.52. The van der Waals surface area contributed by atoms with Crippen LogP contribution in [0.1, 0.15) is 0 Å². The number of nitrogens with zero attached hydrogens (tertiary/aromatic N) is 1. The molecule has 0 aliphatic heterocycles. The van der Waals surface area contributed by atoms with Gasteiger partial charge in [-0.05, 0) is 12.1 Å². The van der Waals surface area contributed by atoms with Crippen LogP contribution in [0.25, 0.3) is 0 Å². The van der Waals surface area contributed by atoms with Gasteiger partial charge >= 0.3 is 0 Å². The normalized spacial score (nSPS) is 12.5. The van der Waals surface area contributed by atoms with Crippen LogP contribution >= 0.6 is 0 Å². The van der Waals surface area contributed by atoms with E-state index in [1.165, 1.54) is 12.1 Å². The second-order valence-corrected chi connectivity index (χ2v) is 2.42. The molecule has 1 unspecified atom stereocenters. The Morgan fingerprint density at radius 1 is 1.42 bits per heavy atom. The Kier molecular flexibility index (Phi) is 3.15. The molecule has 0 amide bonds. The summed E-state index contributed by atoms with van der Waals surface area (Å²) in [5, 5.41) is -0.330. The zero-order valence-electron chi connectivity index (χ0n) is 5.84. The van der Waals surface area contributed by atoms with Crippen LogP contribution in [0.5, 0.6) is 0 Å². The van der Waals surface area contributed by atoms with E-state index in [1.54, 1.807) is 18.2 Å². The molecule has 1 rings (SSSR count). The van der Waals surface area contributed by atoms with Gasteiger partial charge in [-0.3, -0.25) is 0 Å². The molecule has 12 heavy (non-hydrogen) atoms. The number of para-hydroxylation sites is 1. The molecule has 0 saturated heterocycles.